The minimum Gasteiger partial charge on any atom is -0.467 e. The first-order chi connectivity index (χ1) is 10.2. The Morgan fingerprint density at radius 1 is 0.905 bits per heavy atom. The van der Waals surface area contributed by atoms with E-state index in [1.165, 1.54) is 12.8 Å². The zero-order chi connectivity index (χ0) is 14.7. The van der Waals surface area contributed by atoms with Crippen LogP contribution < -0.4 is 14.4 Å². The lowest BCUT2D eigenvalue weighted by Gasteiger charge is -2.44. The molecule has 7 heteroatoms. The fraction of sp³-hybridized carbons (Fsp3) is 0.786. The van der Waals surface area contributed by atoms with Crippen molar-refractivity contribution < 1.29 is 14.2 Å². The highest BCUT2D eigenvalue weighted by atomic mass is 16.5. The van der Waals surface area contributed by atoms with Gasteiger partial charge in [0, 0.05) is 26.3 Å². The van der Waals surface area contributed by atoms with Gasteiger partial charge in [0.25, 0.3) is 0 Å². The van der Waals surface area contributed by atoms with Crippen LogP contribution in [0.3, 0.4) is 0 Å². The van der Waals surface area contributed by atoms with Gasteiger partial charge in [-0.15, -0.1) is 4.98 Å². The van der Waals surface area contributed by atoms with Gasteiger partial charge in [0.15, 0.2) is 0 Å². The molecular weight excluding hydrogens is 272 g/mol. The molecule has 1 spiro atoms. The van der Waals surface area contributed by atoms with Gasteiger partial charge >= 0.3 is 12.0 Å². The second kappa shape index (κ2) is 6.01. The topological polar surface area (TPSA) is 69.6 Å². The van der Waals surface area contributed by atoms with Crippen molar-refractivity contribution >= 4 is 5.95 Å². The minimum absolute atomic E-state index is 0.295. The maximum absolute atomic E-state index is 5.49. The summed E-state index contributed by atoms with van der Waals surface area (Å²) < 4.78 is 15.7. The average molecular weight is 294 g/mol. The van der Waals surface area contributed by atoms with Crippen LogP contribution in [-0.4, -0.2) is 55.5 Å². The molecule has 2 saturated heterocycles. The largest absolute Gasteiger partial charge is 0.467 e. The third-order valence-electron chi connectivity index (χ3n) is 4.61. The molecule has 3 rings (SSSR count). The van der Waals surface area contributed by atoms with Crippen molar-refractivity contribution in [3.63, 3.8) is 0 Å². The van der Waals surface area contributed by atoms with Crippen molar-refractivity contribution in [3.8, 4) is 12.0 Å². The molecule has 0 bridgehead atoms. The van der Waals surface area contributed by atoms with Gasteiger partial charge < -0.3 is 19.1 Å². The third kappa shape index (κ3) is 3.02. The summed E-state index contributed by atoms with van der Waals surface area (Å²) in [5, 5.41) is 0. The van der Waals surface area contributed by atoms with E-state index in [0.717, 1.165) is 39.1 Å². The Labute approximate surface area is 124 Å². The predicted octanol–water partition coefficient (Wildman–Crippen LogP) is 1.29. The first-order valence-electron chi connectivity index (χ1n) is 7.41. The van der Waals surface area contributed by atoms with Crippen LogP contribution in [0, 0.1) is 5.41 Å². The van der Waals surface area contributed by atoms with E-state index < -0.39 is 0 Å². The summed E-state index contributed by atoms with van der Waals surface area (Å²) in [6, 6.07) is 0.589. The highest BCUT2D eigenvalue weighted by Gasteiger charge is 2.36. The number of hydrogen-bond donors (Lipinski definition) is 0. The third-order valence-corrected chi connectivity index (χ3v) is 4.61. The number of aromatic nitrogens is 3. The van der Waals surface area contributed by atoms with Gasteiger partial charge in [-0.2, -0.15) is 9.97 Å². The molecule has 2 aliphatic rings. The van der Waals surface area contributed by atoms with E-state index in [-0.39, 0.29) is 0 Å². The molecule has 0 aromatic carbocycles. The Morgan fingerprint density at radius 2 is 1.48 bits per heavy atom. The number of methoxy groups -OCH3 is 2. The molecule has 116 valence electrons. The summed E-state index contributed by atoms with van der Waals surface area (Å²) in [6.07, 6.45) is 4.66. The Kier molecular flexibility index (Phi) is 4.10. The van der Waals surface area contributed by atoms with Crippen molar-refractivity contribution in [2.45, 2.75) is 25.7 Å². The first-order valence-corrected chi connectivity index (χ1v) is 7.41. The van der Waals surface area contributed by atoms with Gasteiger partial charge in [0.05, 0.1) is 14.2 Å². The number of rotatable bonds is 3. The van der Waals surface area contributed by atoms with Crippen LogP contribution in [0.25, 0.3) is 0 Å². The highest BCUT2D eigenvalue weighted by Crippen LogP contribution is 2.41. The second-order valence-corrected chi connectivity index (χ2v) is 5.71. The van der Waals surface area contributed by atoms with E-state index in [1.54, 1.807) is 14.2 Å². The average Bonchev–Trinajstić information content (AvgIpc) is 2.55. The normalized spacial score (nSPS) is 21.3. The summed E-state index contributed by atoms with van der Waals surface area (Å²) in [7, 11) is 3.09. The van der Waals surface area contributed by atoms with Crippen LogP contribution in [-0.2, 0) is 4.74 Å². The van der Waals surface area contributed by atoms with Crippen LogP contribution >= 0.6 is 0 Å². The zero-order valence-corrected chi connectivity index (χ0v) is 12.7. The maximum atomic E-state index is 5.49. The van der Waals surface area contributed by atoms with Crippen LogP contribution in [0.15, 0.2) is 0 Å². The molecule has 1 aromatic heterocycles. The van der Waals surface area contributed by atoms with E-state index in [4.69, 9.17) is 14.2 Å². The first kappa shape index (κ1) is 14.3. The standard InChI is InChI=1S/C14H22N4O3/c1-19-12-15-11(16-13(17-12)20-2)18-7-3-14(4-8-18)5-9-21-10-6-14/h3-10H2,1-2H3. The second-order valence-electron chi connectivity index (χ2n) is 5.71. The van der Waals surface area contributed by atoms with Crippen molar-refractivity contribution in [2.75, 3.05) is 45.4 Å². The van der Waals surface area contributed by atoms with Crippen LogP contribution in [0.5, 0.6) is 12.0 Å². The summed E-state index contributed by atoms with van der Waals surface area (Å²) in [4.78, 5) is 14.9. The van der Waals surface area contributed by atoms with Gasteiger partial charge in [0.2, 0.25) is 5.95 Å². The SMILES string of the molecule is COc1nc(OC)nc(N2CCC3(CCOCC3)CC2)n1. The molecular formula is C14H22N4O3. The lowest BCUT2D eigenvalue weighted by Crippen LogP contribution is -2.43. The number of nitrogens with zero attached hydrogens (tertiary/aromatic N) is 4. The monoisotopic (exact) mass is 294 g/mol. The summed E-state index contributed by atoms with van der Waals surface area (Å²) in [6.45, 7) is 3.70. The summed E-state index contributed by atoms with van der Waals surface area (Å²) >= 11 is 0. The Hall–Kier alpha value is -1.63. The maximum Gasteiger partial charge on any atom is 0.324 e. The Balaban J connectivity index is 1.71. The molecule has 0 saturated carbocycles. The summed E-state index contributed by atoms with van der Waals surface area (Å²) in [5.41, 5.74) is 0.454. The quantitative estimate of drug-likeness (QED) is 0.831. The molecule has 0 amide bonds. The zero-order valence-electron chi connectivity index (χ0n) is 12.7. The Morgan fingerprint density at radius 3 is 2.00 bits per heavy atom. The van der Waals surface area contributed by atoms with E-state index in [2.05, 4.69) is 19.9 Å². The molecule has 1 aromatic rings. The molecule has 0 aliphatic carbocycles. The van der Waals surface area contributed by atoms with Gasteiger partial charge in [-0.1, -0.05) is 0 Å². The predicted molar refractivity (Wildman–Crippen MR) is 76.9 cm³/mol. The smallest absolute Gasteiger partial charge is 0.324 e. The van der Waals surface area contributed by atoms with E-state index in [9.17, 15) is 0 Å². The number of ether oxygens (including phenoxy) is 3. The van der Waals surface area contributed by atoms with Crippen molar-refractivity contribution in [2.24, 2.45) is 5.41 Å². The fourth-order valence-corrected chi connectivity index (χ4v) is 3.14. The number of hydrogen-bond acceptors (Lipinski definition) is 7. The van der Waals surface area contributed by atoms with E-state index >= 15 is 0 Å². The van der Waals surface area contributed by atoms with Gasteiger partial charge in [-0.3, -0.25) is 0 Å². The van der Waals surface area contributed by atoms with Gasteiger partial charge in [-0.25, -0.2) is 0 Å². The number of piperidine rings is 1. The number of anilines is 1. The molecule has 0 atom stereocenters. The van der Waals surface area contributed by atoms with Crippen molar-refractivity contribution in [1.82, 2.24) is 15.0 Å². The van der Waals surface area contributed by atoms with E-state index in [1.807, 2.05) is 0 Å². The lowest BCUT2D eigenvalue weighted by atomic mass is 9.72. The molecule has 7 nitrogen and oxygen atoms in total. The van der Waals surface area contributed by atoms with E-state index in [0.29, 0.717) is 23.4 Å². The molecule has 2 aliphatic heterocycles. The van der Waals surface area contributed by atoms with Crippen LogP contribution in [0.2, 0.25) is 0 Å². The van der Waals surface area contributed by atoms with Crippen molar-refractivity contribution in [1.29, 1.82) is 0 Å². The Bertz CT molecular complexity index is 459. The lowest BCUT2D eigenvalue weighted by molar-refractivity contribution is 0.00197. The molecule has 0 N–H and O–H groups in total. The molecule has 0 unspecified atom stereocenters. The van der Waals surface area contributed by atoms with Crippen LogP contribution in [0.1, 0.15) is 25.7 Å². The summed E-state index contributed by atoms with van der Waals surface area (Å²) in [5.74, 6) is 0.639. The fourth-order valence-electron chi connectivity index (χ4n) is 3.14. The van der Waals surface area contributed by atoms with Crippen molar-refractivity contribution in [3.05, 3.63) is 0 Å². The minimum atomic E-state index is 0.295. The van der Waals surface area contributed by atoms with Gasteiger partial charge in [-0.05, 0) is 31.1 Å². The van der Waals surface area contributed by atoms with Crippen LogP contribution in [0.4, 0.5) is 5.95 Å². The molecule has 3 heterocycles. The molecule has 0 radical (unpaired) electrons. The molecule has 2 fully saturated rings. The highest BCUT2D eigenvalue weighted by molar-refractivity contribution is 5.33. The van der Waals surface area contributed by atoms with Gasteiger partial charge in [0.1, 0.15) is 0 Å². The molecule has 21 heavy (non-hydrogen) atoms.